The Labute approximate surface area is 117 Å². The molecule has 1 fully saturated rings. The maximum absolute atomic E-state index is 5.86. The van der Waals surface area contributed by atoms with Gasteiger partial charge in [0.1, 0.15) is 5.82 Å². The summed E-state index contributed by atoms with van der Waals surface area (Å²) in [4.78, 5) is 9.11. The number of nitrogen functional groups attached to an aromatic ring is 1. The van der Waals surface area contributed by atoms with E-state index in [0.717, 1.165) is 22.2 Å². The predicted molar refractivity (Wildman–Crippen MR) is 81.4 cm³/mol. The molecule has 0 unspecified atom stereocenters. The number of anilines is 1. The SMILES string of the molecule is Nc1ccc(-c2cccc3cccnc23)c(C2CC2)n1. The first-order chi connectivity index (χ1) is 9.83. The van der Waals surface area contributed by atoms with E-state index in [1.54, 1.807) is 0 Å². The first kappa shape index (κ1) is 11.4. The van der Waals surface area contributed by atoms with Crippen LogP contribution >= 0.6 is 0 Å². The summed E-state index contributed by atoms with van der Waals surface area (Å²) in [5.41, 5.74) is 10.3. The van der Waals surface area contributed by atoms with E-state index in [1.807, 2.05) is 18.3 Å². The molecular weight excluding hydrogens is 246 g/mol. The second-order valence-corrected chi connectivity index (χ2v) is 5.32. The lowest BCUT2D eigenvalue weighted by Gasteiger charge is -2.11. The van der Waals surface area contributed by atoms with Crippen molar-refractivity contribution >= 4 is 16.7 Å². The summed E-state index contributed by atoms with van der Waals surface area (Å²) >= 11 is 0. The van der Waals surface area contributed by atoms with Crippen LogP contribution in [0.4, 0.5) is 5.82 Å². The van der Waals surface area contributed by atoms with Crippen LogP contribution in [0.2, 0.25) is 0 Å². The fourth-order valence-electron chi connectivity index (χ4n) is 2.71. The van der Waals surface area contributed by atoms with Gasteiger partial charge in [0, 0.05) is 28.6 Å². The smallest absolute Gasteiger partial charge is 0.123 e. The van der Waals surface area contributed by atoms with Gasteiger partial charge in [0.2, 0.25) is 0 Å². The third kappa shape index (κ3) is 1.83. The summed E-state index contributed by atoms with van der Waals surface area (Å²) in [5, 5.41) is 1.16. The Bertz CT molecular complexity index is 786. The van der Waals surface area contributed by atoms with E-state index >= 15 is 0 Å². The normalized spacial score (nSPS) is 14.6. The summed E-state index contributed by atoms with van der Waals surface area (Å²) in [7, 11) is 0. The molecule has 2 heterocycles. The molecule has 0 radical (unpaired) electrons. The average Bonchev–Trinajstić information content (AvgIpc) is 3.31. The van der Waals surface area contributed by atoms with Crippen molar-refractivity contribution in [3.63, 3.8) is 0 Å². The maximum atomic E-state index is 5.86. The minimum Gasteiger partial charge on any atom is -0.384 e. The number of hydrogen-bond donors (Lipinski definition) is 1. The van der Waals surface area contributed by atoms with Gasteiger partial charge >= 0.3 is 0 Å². The second-order valence-electron chi connectivity index (χ2n) is 5.32. The van der Waals surface area contributed by atoms with Gasteiger partial charge in [0.05, 0.1) is 11.2 Å². The zero-order chi connectivity index (χ0) is 13.5. The van der Waals surface area contributed by atoms with Gasteiger partial charge in [-0.25, -0.2) is 4.98 Å². The van der Waals surface area contributed by atoms with E-state index in [9.17, 15) is 0 Å². The third-order valence-electron chi connectivity index (χ3n) is 3.83. The van der Waals surface area contributed by atoms with Gasteiger partial charge < -0.3 is 5.73 Å². The molecule has 0 atom stereocenters. The molecule has 98 valence electrons. The van der Waals surface area contributed by atoms with Crippen LogP contribution in [0.5, 0.6) is 0 Å². The lowest BCUT2D eigenvalue weighted by Crippen LogP contribution is -1.98. The topological polar surface area (TPSA) is 51.8 Å². The maximum Gasteiger partial charge on any atom is 0.123 e. The summed E-state index contributed by atoms with van der Waals surface area (Å²) in [6, 6.07) is 14.3. The Kier molecular flexibility index (Phi) is 2.46. The fourth-order valence-corrected chi connectivity index (χ4v) is 2.71. The van der Waals surface area contributed by atoms with Crippen molar-refractivity contribution in [3.8, 4) is 11.1 Å². The number of para-hydroxylation sites is 1. The van der Waals surface area contributed by atoms with Crippen LogP contribution in [-0.4, -0.2) is 9.97 Å². The van der Waals surface area contributed by atoms with Crippen molar-refractivity contribution in [1.29, 1.82) is 0 Å². The summed E-state index contributed by atoms with van der Waals surface area (Å²) in [5.74, 6) is 1.16. The highest BCUT2D eigenvalue weighted by Gasteiger charge is 2.28. The van der Waals surface area contributed by atoms with Crippen molar-refractivity contribution in [2.24, 2.45) is 0 Å². The quantitative estimate of drug-likeness (QED) is 0.764. The van der Waals surface area contributed by atoms with E-state index < -0.39 is 0 Å². The van der Waals surface area contributed by atoms with Gasteiger partial charge in [0.15, 0.2) is 0 Å². The van der Waals surface area contributed by atoms with Crippen molar-refractivity contribution in [2.75, 3.05) is 5.73 Å². The summed E-state index contributed by atoms with van der Waals surface area (Å²) in [6.07, 6.45) is 4.26. The van der Waals surface area contributed by atoms with Crippen molar-refractivity contribution in [2.45, 2.75) is 18.8 Å². The zero-order valence-corrected chi connectivity index (χ0v) is 11.1. The minimum atomic E-state index is 0.562. The number of nitrogens with two attached hydrogens (primary N) is 1. The van der Waals surface area contributed by atoms with Gasteiger partial charge in [-0.3, -0.25) is 4.98 Å². The Morgan fingerprint density at radius 2 is 1.80 bits per heavy atom. The van der Waals surface area contributed by atoms with Crippen molar-refractivity contribution < 1.29 is 0 Å². The molecule has 1 aromatic carbocycles. The number of aromatic nitrogens is 2. The number of nitrogens with zero attached hydrogens (tertiary/aromatic N) is 2. The number of hydrogen-bond acceptors (Lipinski definition) is 3. The Balaban J connectivity index is 2.00. The highest BCUT2D eigenvalue weighted by Crippen LogP contribution is 2.44. The van der Waals surface area contributed by atoms with Crippen LogP contribution in [0.1, 0.15) is 24.5 Å². The molecule has 4 rings (SSSR count). The largest absolute Gasteiger partial charge is 0.384 e. The zero-order valence-electron chi connectivity index (χ0n) is 11.1. The molecule has 1 aliphatic rings. The molecule has 2 aromatic heterocycles. The highest BCUT2D eigenvalue weighted by atomic mass is 14.9. The van der Waals surface area contributed by atoms with Gasteiger partial charge in [-0.1, -0.05) is 24.3 Å². The predicted octanol–water partition coefficient (Wildman–Crippen LogP) is 3.76. The average molecular weight is 261 g/mol. The highest BCUT2D eigenvalue weighted by molar-refractivity contribution is 5.94. The second kappa shape index (κ2) is 4.30. The van der Waals surface area contributed by atoms with Crippen LogP contribution in [0.25, 0.3) is 22.0 Å². The molecule has 0 spiro atoms. The lowest BCUT2D eigenvalue weighted by molar-refractivity contribution is 1.03. The van der Waals surface area contributed by atoms with Gasteiger partial charge in [-0.05, 0) is 31.0 Å². The van der Waals surface area contributed by atoms with Crippen LogP contribution < -0.4 is 5.73 Å². The molecule has 1 saturated carbocycles. The van der Waals surface area contributed by atoms with Crippen LogP contribution in [-0.2, 0) is 0 Å². The third-order valence-corrected chi connectivity index (χ3v) is 3.83. The molecule has 3 aromatic rings. The number of pyridine rings is 2. The Hall–Kier alpha value is -2.42. The van der Waals surface area contributed by atoms with E-state index in [0.29, 0.717) is 11.7 Å². The molecule has 0 aliphatic heterocycles. The molecule has 3 nitrogen and oxygen atoms in total. The van der Waals surface area contributed by atoms with Gasteiger partial charge in [0.25, 0.3) is 0 Å². The van der Waals surface area contributed by atoms with Crippen LogP contribution in [0.3, 0.4) is 0 Å². The Morgan fingerprint density at radius 3 is 2.65 bits per heavy atom. The van der Waals surface area contributed by atoms with Crippen molar-refractivity contribution in [1.82, 2.24) is 9.97 Å². The molecule has 0 saturated heterocycles. The number of rotatable bonds is 2. The molecule has 0 bridgehead atoms. The molecule has 0 amide bonds. The molecule has 3 heteroatoms. The molecular formula is C17H15N3. The number of benzene rings is 1. The van der Waals surface area contributed by atoms with E-state index in [-0.39, 0.29) is 0 Å². The lowest BCUT2D eigenvalue weighted by atomic mass is 9.98. The van der Waals surface area contributed by atoms with E-state index in [1.165, 1.54) is 18.4 Å². The summed E-state index contributed by atoms with van der Waals surface area (Å²) < 4.78 is 0. The fraction of sp³-hybridized carbons (Fsp3) is 0.176. The molecule has 2 N–H and O–H groups in total. The minimum absolute atomic E-state index is 0.562. The molecule has 20 heavy (non-hydrogen) atoms. The monoisotopic (exact) mass is 261 g/mol. The van der Waals surface area contributed by atoms with E-state index in [2.05, 4.69) is 40.3 Å². The van der Waals surface area contributed by atoms with E-state index in [4.69, 9.17) is 5.73 Å². The first-order valence-electron chi connectivity index (χ1n) is 6.93. The standard InChI is InChI=1S/C17H15N3/c18-15-9-8-14(17(20-15)12-6-7-12)13-5-1-3-11-4-2-10-19-16(11)13/h1-5,8-10,12H,6-7H2,(H2,18,20). The first-order valence-corrected chi connectivity index (χ1v) is 6.93. The molecule has 1 aliphatic carbocycles. The van der Waals surface area contributed by atoms with Crippen molar-refractivity contribution in [3.05, 3.63) is 54.4 Å². The van der Waals surface area contributed by atoms with Gasteiger partial charge in [-0.2, -0.15) is 0 Å². The van der Waals surface area contributed by atoms with Gasteiger partial charge in [-0.15, -0.1) is 0 Å². The summed E-state index contributed by atoms with van der Waals surface area (Å²) in [6.45, 7) is 0. The van der Waals surface area contributed by atoms with Crippen LogP contribution in [0.15, 0.2) is 48.7 Å². The Morgan fingerprint density at radius 1 is 0.950 bits per heavy atom. The number of fused-ring (bicyclic) bond motifs is 1. The van der Waals surface area contributed by atoms with Crippen LogP contribution in [0, 0.1) is 0 Å².